The molecule has 1 saturated carbocycles. The van der Waals surface area contributed by atoms with Crippen molar-refractivity contribution in [2.24, 2.45) is 0 Å². The third-order valence-electron chi connectivity index (χ3n) is 3.19. The minimum atomic E-state index is -0.875. The zero-order valence-electron chi connectivity index (χ0n) is 10.7. The highest BCUT2D eigenvalue weighted by Crippen LogP contribution is 2.28. The van der Waals surface area contributed by atoms with E-state index in [0.29, 0.717) is 18.6 Å². The van der Waals surface area contributed by atoms with E-state index >= 15 is 0 Å². The molecule has 7 heteroatoms. The normalized spacial score (nSPS) is 17.2. The van der Waals surface area contributed by atoms with Gasteiger partial charge in [0, 0.05) is 12.6 Å². The molecule has 0 aromatic carbocycles. The fourth-order valence-corrected chi connectivity index (χ4v) is 2.13. The van der Waals surface area contributed by atoms with Crippen LogP contribution >= 0.6 is 0 Å². The van der Waals surface area contributed by atoms with E-state index in [4.69, 9.17) is 4.52 Å². The Bertz CT molecular complexity index is 477. The lowest BCUT2D eigenvalue weighted by atomic mass is 10.0. The number of carbonyl (C=O) groups excluding carboxylic acids is 2. The largest absolute Gasteiger partial charge is 0.388 e. The minimum Gasteiger partial charge on any atom is -0.388 e. The van der Waals surface area contributed by atoms with Crippen molar-refractivity contribution in [1.82, 2.24) is 10.5 Å². The Morgan fingerprint density at radius 1 is 1.42 bits per heavy atom. The molecule has 0 saturated heterocycles. The van der Waals surface area contributed by atoms with Crippen molar-refractivity contribution >= 4 is 17.6 Å². The summed E-state index contributed by atoms with van der Waals surface area (Å²) >= 11 is 0. The molecule has 0 unspecified atom stereocenters. The van der Waals surface area contributed by atoms with Crippen LogP contribution in [0.3, 0.4) is 0 Å². The van der Waals surface area contributed by atoms with Gasteiger partial charge in [-0.25, -0.2) is 0 Å². The highest BCUT2D eigenvalue weighted by atomic mass is 16.5. The fourth-order valence-electron chi connectivity index (χ4n) is 2.13. The van der Waals surface area contributed by atoms with Crippen molar-refractivity contribution in [2.75, 3.05) is 11.9 Å². The number of aryl methyl sites for hydroxylation is 1. The fraction of sp³-hybridized carbons (Fsp3) is 0.583. The van der Waals surface area contributed by atoms with E-state index in [9.17, 15) is 14.7 Å². The van der Waals surface area contributed by atoms with Gasteiger partial charge in [-0.1, -0.05) is 18.0 Å². The number of hydrogen-bond acceptors (Lipinski definition) is 5. The number of rotatable bonds is 3. The summed E-state index contributed by atoms with van der Waals surface area (Å²) < 4.78 is 4.77. The Morgan fingerprint density at radius 2 is 2.11 bits per heavy atom. The molecule has 104 valence electrons. The lowest BCUT2D eigenvalue weighted by Gasteiger charge is -2.21. The van der Waals surface area contributed by atoms with Crippen molar-refractivity contribution in [3.05, 3.63) is 11.8 Å². The van der Waals surface area contributed by atoms with E-state index in [1.54, 1.807) is 6.92 Å². The van der Waals surface area contributed by atoms with Crippen molar-refractivity contribution in [2.45, 2.75) is 38.2 Å². The van der Waals surface area contributed by atoms with Gasteiger partial charge in [-0.2, -0.15) is 0 Å². The van der Waals surface area contributed by atoms with Gasteiger partial charge in [-0.3, -0.25) is 14.9 Å². The zero-order valence-corrected chi connectivity index (χ0v) is 10.7. The Balaban J connectivity index is 1.81. The Morgan fingerprint density at radius 3 is 2.68 bits per heavy atom. The van der Waals surface area contributed by atoms with Gasteiger partial charge in [0.2, 0.25) is 0 Å². The van der Waals surface area contributed by atoms with Crippen LogP contribution in [0, 0.1) is 6.92 Å². The summed E-state index contributed by atoms with van der Waals surface area (Å²) in [6.45, 7) is 1.77. The summed E-state index contributed by atoms with van der Waals surface area (Å²) in [5.41, 5.74) is -0.875. The molecule has 2 rings (SSSR count). The quantitative estimate of drug-likeness (QED) is 0.685. The van der Waals surface area contributed by atoms with Crippen molar-refractivity contribution in [3.8, 4) is 0 Å². The van der Waals surface area contributed by atoms with Gasteiger partial charge in [0.05, 0.1) is 5.60 Å². The van der Waals surface area contributed by atoms with Crippen LogP contribution in [0.15, 0.2) is 10.6 Å². The molecule has 2 amide bonds. The molecule has 3 N–H and O–H groups in total. The van der Waals surface area contributed by atoms with Crippen LogP contribution in [-0.2, 0) is 9.59 Å². The number of hydrogen-bond donors (Lipinski definition) is 3. The first-order valence-corrected chi connectivity index (χ1v) is 6.23. The molecule has 19 heavy (non-hydrogen) atoms. The predicted octanol–water partition coefficient (Wildman–Crippen LogP) is 0.343. The molecule has 0 atom stereocenters. The van der Waals surface area contributed by atoms with Gasteiger partial charge in [0.25, 0.3) is 0 Å². The molecule has 0 radical (unpaired) electrons. The Labute approximate surface area is 110 Å². The summed E-state index contributed by atoms with van der Waals surface area (Å²) in [5.74, 6) is -0.885. The molecular weight excluding hydrogens is 250 g/mol. The number of nitrogens with zero attached hydrogens (tertiary/aromatic N) is 1. The Kier molecular flexibility index (Phi) is 3.84. The van der Waals surface area contributed by atoms with Gasteiger partial charge < -0.3 is 14.9 Å². The molecule has 0 aliphatic heterocycles. The maximum Gasteiger partial charge on any atom is 0.314 e. The SMILES string of the molecule is Cc1cc(NC(=O)C(=O)NCC2(O)CCCC2)no1. The van der Waals surface area contributed by atoms with Crippen LogP contribution in [0.25, 0.3) is 0 Å². The zero-order chi connectivity index (χ0) is 13.9. The average Bonchev–Trinajstić information content (AvgIpc) is 2.96. The second-order valence-corrected chi connectivity index (χ2v) is 4.89. The first-order valence-electron chi connectivity index (χ1n) is 6.23. The summed E-state index contributed by atoms with van der Waals surface area (Å²) in [6, 6.07) is 1.51. The molecule has 1 fully saturated rings. The molecule has 1 aromatic rings. The van der Waals surface area contributed by atoms with Crippen LogP contribution in [-0.4, -0.2) is 34.2 Å². The van der Waals surface area contributed by atoms with Gasteiger partial charge in [-0.05, 0) is 19.8 Å². The van der Waals surface area contributed by atoms with Crippen LogP contribution in [0.1, 0.15) is 31.4 Å². The predicted molar refractivity (Wildman–Crippen MR) is 66.3 cm³/mol. The van der Waals surface area contributed by atoms with Crippen LogP contribution < -0.4 is 10.6 Å². The summed E-state index contributed by atoms with van der Waals surface area (Å²) in [6.07, 6.45) is 3.18. The molecule has 0 bridgehead atoms. The monoisotopic (exact) mass is 267 g/mol. The number of carbonyl (C=O) groups is 2. The number of nitrogens with one attached hydrogen (secondary N) is 2. The van der Waals surface area contributed by atoms with E-state index in [1.165, 1.54) is 6.07 Å². The molecular formula is C12H17N3O4. The minimum absolute atomic E-state index is 0.0943. The smallest absolute Gasteiger partial charge is 0.314 e. The number of aliphatic hydroxyl groups is 1. The topological polar surface area (TPSA) is 104 Å². The van der Waals surface area contributed by atoms with Gasteiger partial charge in [0.15, 0.2) is 5.82 Å². The van der Waals surface area contributed by atoms with Crippen LogP contribution in [0.2, 0.25) is 0 Å². The summed E-state index contributed by atoms with van der Waals surface area (Å²) in [5, 5.41) is 18.3. The van der Waals surface area contributed by atoms with Gasteiger partial charge in [0.1, 0.15) is 5.76 Å². The third kappa shape index (κ3) is 3.54. The summed E-state index contributed by atoms with van der Waals surface area (Å²) in [4.78, 5) is 23.1. The van der Waals surface area contributed by atoms with Crippen molar-refractivity contribution in [1.29, 1.82) is 0 Å². The van der Waals surface area contributed by atoms with Crippen molar-refractivity contribution in [3.63, 3.8) is 0 Å². The molecule has 0 spiro atoms. The molecule has 1 heterocycles. The van der Waals surface area contributed by atoms with E-state index in [1.807, 2.05) is 0 Å². The second kappa shape index (κ2) is 5.40. The maximum absolute atomic E-state index is 11.6. The molecule has 1 aromatic heterocycles. The number of amides is 2. The Hall–Kier alpha value is -1.89. The van der Waals surface area contributed by atoms with Crippen LogP contribution in [0.4, 0.5) is 5.82 Å². The number of anilines is 1. The van der Waals surface area contributed by atoms with Gasteiger partial charge in [-0.15, -0.1) is 0 Å². The second-order valence-electron chi connectivity index (χ2n) is 4.89. The third-order valence-corrected chi connectivity index (χ3v) is 3.19. The number of aromatic nitrogens is 1. The highest BCUT2D eigenvalue weighted by Gasteiger charge is 2.32. The van der Waals surface area contributed by atoms with Gasteiger partial charge >= 0.3 is 11.8 Å². The molecule has 7 nitrogen and oxygen atoms in total. The lowest BCUT2D eigenvalue weighted by molar-refractivity contribution is -0.136. The van der Waals surface area contributed by atoms with Crippen LogP contribution in [0.5, 0.6) is 0 Å². The summed E-state index contributed by atoms with van der Waals surface area (Å²) in [7, 11) is 0. The highest BCUT2D eigenvalue weighted by molar-refractivity contribution is 6.39. The van der Waals surface area contributed by atoms with Crippen molar-refractivity contribution < 1.29 is 19.2 Å². The van der Waals surface area contributed by atoms with E-state index in [0.717, 1.165) is 12.8 Å². The first-order chi connectivity index (χ1) is 8.98. The van der Waals surface area contributed by atoms with E-state index < -0.39 is 17.4 Å². The average molecular weight is 267 g/mol. The lowest BCUT2D eigenvalue weighted by Crippen LogP contribution is -2.44. The van der Waals surface area contributed by atoms with E-state index in [-0.39, 0.29) is 12.4 Å². The van der Waals surface area contributed by atoms with E-state index in [2.05, 4.69) is 15.8 Å². The first kappa shape index (κ1) is 13.5. The molecule has 1 aliphatic rings. The maximum atomic E-state index is 11.6. The standard InChI is InChI=1S/C12H17N3O4/c1-8-6-9(15-19-8)14-11(17)10(16)13-7-12(18)4-2-3-5-12/h6,18H,2-5,7H2,1H3,(H,13,16)(H,14,15,17). The molecule has 1 aliphatic carbocycles.